The van der Waals surface area contributed by atoms with E-state index in [0.29, 0.717) is 34.3 Å². The Balaban J connectivity index is 2.46. The van der Waals surface area contributed by atoms with E-state index in [2.05, 4.69) is 0 Å². The fourth-order valence-electron chi connectivity index (χ4n) is 3.88. The van der Waals surface area contributed by atoms with Gasteiger partial charge in [-0.3, -0.25) is 0 Å². The number of benzene rings is 2. The van der Waals surface area contributed by atoms with Gasteiger partial charge in [-0.2, -0.15) is 10.5 Å². The first-order valence-corrected chi connectivity index (χ1v) is 11.2. The molecule has 0 aliphatic carbocycles. The van der Waals surface area contributed by atoms with E-state index in [1.165, 1.54) is 0 Å². The van der Waals surface area contributed by atoms with Crippen LogP contribution >= 0.6 is 0 Å². The fourth-order valence-corrected chi connectivity index (χ4v) is 6.01. The normalized spacial score (nSPS) is 15.3. The van der Waals surface area contributed by atoms with E-state index in [4.69, 9.17) is 0 Å². The lowest BCUT2D eigenvalue weighted by atomic mass is 9.88. The maximum Gasteiger partial charge on any atom is 0.208 e. The van der Waals surface area contributed by atoms with Crippen LogP contribution in [0.5, 0.6) is 0 Å². The number of aldehydes is 1. The molecule has 5 nitrogen and oxygen atoms in total. The Morgan fingerprint density at radius 2 is 1.42 bits per heavy atom. The second-order valence-corrected chi connectivity index (χ2v) is 8.85. The van der Waals surface area contributed by atoms with Gasteiger partial charge < -0.3 is 4.79 Å². The number of unbranched alkanes of at least 4 members (excludes halogenated alkanes) is 1. The lowest BCUT2D eigenvalue weighted by Crippen LogP contribution is -2.18. The molecule has 0 unspecified atom stereocenters. The first-order valence-electron chi connectivity index (χ1n) is 9.76. The van der Waals surface area contributed by atoms with Gasteiger partial charge in [0.2, 0.25) is 9.84 Å². The van der Waals surface area contributed by atoms with Crippen molar-refractivity contribution in [3.05, 3.63) is 94.1 Å². The molecular formula is C25H20N2O3S. The summed E-state index contributed by atoms with van der Waals surface area (Å²) in [4.78, 5) is 11.1. The highest BCUT2D eigenvalue weighted by Gasteiger charge is 2.38. The molecular weight excluding hydrogens is 408 g/mol. The molecule has 2 aromatic rings. The number of carbonyl (C=O) groups excluding carboxylic acids is 1. The zero-order valence-electron chi connectivity index (χ0n) is 17.0. The Kier molecular flexibility index (Phi) is 6.65. The van der Waals surface area contributed by atoms with E-state index >= 15 is 0 Å². The predicted molar refractivity (Wildman–Crippen MR) is 119 cm³/mol. The summed E-state index contributed by atoms with van der Waals surface area (Å²) in [7, 11) is -3.97. The van der Waals surface area contributed by atoms with E-state index < -0.39 is 9.84 Å². The average Bonchev–Trinajstić information content (AvgIpc) is 2.77. The van der Waals surface area contributed by atoms with Crippen LogP contribution in [0.2, 0.25) is 0 Å². The van der Waals surface area contributed by atoms with E-state index in [0.717, 1.165) is 6.29 Å². The third-order valence-corrected chi connectivity index (χ3v) is 7.22. The summed E-state index contributed by atoms with van der Waals surface area (Å²) in [5.74, 6) is 0. The number of allylic oxidation sites excluding steroid dienone is 4. The lowest BCUT2D eigenvalue weighted by molar-refractivity contribution is -0.107. The average molecular weight is 429 g/mol. The van der Waals surface area contributed by atoms with Gasteiger partial charge in [-0.15, -0.1) is 0 Å². The Bertz CT molecular complexity index is 1270. The highest BCUT2D eigenvalue weighted by atomic mass is 32.2. The highest BCUT2D eigenvalue weighted by molar-refractivity contribution is 8.09. The van der Waals surface area contributed by atoms with Crippen molar-refractivity contribution < 1.29 is 13.2 Å². The fraction of sp³-hybridized carbons (Fsp3) is 0.160. The molecule has 0 bridgehead atoms. The highest BCUT2D eigenvalue weighted by Crippen LogP contribution is 2.48. The first kappa shape index (κ1) is 22.0. The van der Waals surface area contributed by atoms with Crippen molar-refractivity contribution in [1.29, 1.82) is 10.5 Å². The van der Waals surface area contributed by atoms with Crippen molar-refractivity contribution in [3.63, 3.8) is 0 Å². The van der Waals surface area contributed by atoms with Gasteiger partial charge in [-0.25, -0.2) is 8.42 Å². The topological polar surface area (TPSA) is 98.8 Å². The summed E-state index contributed by atoms with van der Waals surface area (Å²) in [6.45, 7) is 1.63. The van der Waals surface area contributed by atoms with E-state index in [-0.39, 0.29) is 28.2 Å². The number of sulfone groups is 1. The molecule has 2 aromatic carbocycles. The number of hydrogen-bond acceptors (Lipinski definition) is 5. The number of nitrogens with zero attached hydrogens (tertiary/aromatic N) is 2. The van der Waals surface area contributed by atoms with Crippen LogP contribution in [0.3, 0.4) is 0 Å². The summed E-state index contributed by atoms with van der Waals surface area (Å²) < 4.78 is 27.9. The summed E-state index contributed by atoms with van der Waals surface area (Å²) in [5, 5.41) is 19.3. The number of rotatable bonds is 6. The molecule has 1 aliphatic heterocycles. The number of carbonyl (C=O) groups is 1. The predicted octanol–water partition coefficient (Wildman–Crippen LogP) is 4.97. The molecule has 0 saturated heterocycles. The molecule has 31 heavy (non-hydrogen) atoms. The minimum Gasteiger partial charge on any atom is -0.303 e. The van der Waals surface area contributed by atoms with Crippen LogP contribution in [0.4, 0.5) is 0 Å². The van der Waals surface area contributed by atoms with Gasteiger partial charge >= 0.3 is 0 Å². The molecule has 0 spiro atoms. The second kappa shape index (κ2) is 9.38. The Morgan fingerprint density at radius 1 is 0.903 bits per heavy atom. The maximum absolute atomic E-state index is 13.9. The molecule has 1 heterocycles. The van der Waals surface area contributed by atoms with Gasteiger partial charge in [0, 0.05) is 12.0 Å². The zero-order chi connectivity index (χ0) is 22.4. The van der Waals surface area contributed by atoms with Crippen LogP contribution in [-0.4, -0.2) is 14.7 Å². The quantitative estimate of drug-likeness (QED) is 0.367. The van der Waals surface area contributed by atoms with Crippen molar-refractivity contribution >= 4 is 25.9 Å². The van der Waals surface area contributed by atoms with E-state index in [9.17, 15) is 23.7 Å². The molecule has 0 N–H and O–H groups in total. The second-order valence-electron chi connectivity index (χ2n) is 7.03. The maximum atomic E-state index is 13.9. The molecule has 0 aromatic heterocycles. The Morgan fingerprint density at radius 3 is 1.90 bits per heavy atom. The summed E-state index contributed by atoms with van der Waals surface area (Å²) in [6.07, 6.45) is 1.69. The monoisotopic (exact) mass is 428 g/mol. The van der Waals surface area contributed by atoms with Crippen molar-refractivity contribution in [2.75, 3.05) is 0 Å². The van der Waals surface area contributed by atoms with Crippen LogP contribution in [0.25, 0.3) is 9.81 Å². The Hall–Kier alpha value is -3.74. The largest absolute Gasteiger partial charge is 0.303 e. The lowest BCUT2D eigenvalue weighted by Gasteiger charge is -2.28. The van der Waals surface area contributed by atoms with Crippen molar-refractivity contribution in [2.24, 2.45) is 0 Å². The van der Waals surface area contributed by atoms with Crippen LogP contribution in [0.1, 0.15) is 37.3 Å². The smallest absolute Gasteiger partial charge is 0.208 e. The molecule has 0 saturated carbocycles. The van der Waals surface area contributed by atoms with Crippen LogP contribution in [0.15, 0.2) is 83.0 Å². The van der Waals surface area contributed by atoms with Gasteiger partial charge in [0.05, 0.1) is 9.81 Å². The summed E-state index contributed by atoms with van der Waals surface area (Å²) in [6, 6.07) is 21.2. The van der Waals surface area contributed by atoms with Gasteiger partial charge in [-0.1, -0.05) is 60.7 Å². The van der Waals surface area contributed by atoms with E-state index in [1.54, 1.807) is 67.6 Å². The molecule has 0 radical (unpaired) electrons. The summed E-state index contributed by atoms with van der Waals surface area (Å²) in [5.41, 5.74) is 1.94. The van der Waals surface area contributed by atoms with Crippen molar-refractivity contribution in [3.8, 4) is 12.1 Å². The summed E-state index contributed by atoms with van der Waals surface area (Å²) >= 11 is 0. The van der Waals surface area contributed by atoms with Crippen LogP contribution in [-0.2, 0) is 14.6 Å². The Labute approximate surface area is 182 Å². The SMILES string of the molecule is CC1=C(c2ccccc2)S(=O)(=O)C(c2ccccc2)=C(CCCC=O)C1=C(C#N)C#N. The van der Waals surface area contributed by atoms with Crippen molar-refractivity contribution in [1.82, 2.24) is 0 Å². The van der Waals surface area contributed by atoms with Gasteiger partial charge in [-0.05, 0) is 42.0 Å². The molecule has 3 rings (SSSR count). The minimum absolute atomic E-state index is 0.0847. The molecule has 0 fully saturated rings. The third-order valence-electron chi connectivity index (χ3n) is 5.12. The van der Waals surface area contributed by atoms with Crippen molar-refractivity contribution in [2.45, 2.75) is 26.2 Å². The first-order chi connectivity index (χ1) is 15.0. The van der Waals surface area contributed by atoms with E-state index in [1.807, 2.05) is 12.1 Å². The zero-order valence-corrected chi connectivity index (χ0v) is 17.8. The molecule has 0 atom stereocenters. The number of nitriles is 2. The third kappa shape index (κ3) is 4.12. The van der Waals surface area contributed by atoms with Gasteiger partial charge in [0.15, 0.2) is 0 Å². The molecule has 154 valence electrons. The number of hydrogen-bond donors (Lipinski definition) is 0. The molecule has 1 aliphatic rings. The van der Waals surface area contributed by atoms with Gasteiger partial charge in [0.25, 0.3) is 0 Å². The standard InChI is InChI=1S/C25H20N2O3S/c1-18-23(21(16-26)17-27)22(14-8-9-15-28)25(20-12-6-3-7-13-20)31(29,30)24(18)19-10-4-2-5-11-19/h2-7,10-13,15H,8-9,14H2,1H3. The molecule has 0 amide bonds. The minimum atomic E-state index is -3.97. The van der Waals surface area contributed by atoms with Crippen LogP contribution in [0, 0.1) is 22.7 Å². The molecule has 6 heteroatoms. The van der Waals surface area contributed by atoms with Crippen LogP contribution < -0.4 is 0 Å². The van der Waals surface area contributed by atoms with Gasteiger partial charge in [0.1, 0.15) is 24.0 Å².